The Hall–Kier alpha value is -1.36. The highest BCUT2D eigenvalue weighted by Crippen LogP contribution is 2.30. The van der Waals surface area contributed by atoms with Crippen molar-refractivity contribution in [2.45, 2.75) is 31.3 Å². The van der Waals surface area contributed by atoms with Crippen molar-refractivity contribution in [2.75, 3.05) is 30.8 Å². The molecule has 2 fully saturated rings. The molecule has 1 saturated carbocycles. The molecule has 1 aliphatic heterocycles. The van der Waals surface area contributed by atoms with Gasteiger partial charge in [0.05, 0.1) is 12.4 Å². The maximum atomic E-state index is 4.44. The highest BCUT2D eigenvalue weighted by Gasteiger charge is 2.34. The molecule has 0 aromatic carbocycles. The Balaban J connectivity index is 1.59. The van der Waals surface area contributed by atoms with Crippen LogP contribution in [0, 0.1) is 0 Å². The third kappa shape index (κ3) is 2.49. The summed E-state index contributed by atoms with van der Waals surface area (Å²) in [5.41, 5.74) is 0. The van der Waals surface area contributed by atoms with Gasteiger partial charge < -0.3 is 10.6 Å². The van der Waals surface area contributed by atoms with Gasteiger partial charge in [-0.05, 0) is 19.3 Å². The molecule has 1 unspecified atom stereocenters. The second-order valence-corrected chi connectivity index (χ2v) is 4.90. The molecular formula is C12H19N5. The van der Waals surface area contributed by atoms with Gasteiger partial charge in [0, 0.05) is 32.2 Å². The normalized spacial score (nSPS) is 24.9. The molecule has 1 aromatic rings. The van der Waals surface area contributed by atoms with E-state index >= 15 is 0 Å². The van der Waals surface area contributed by atoms with Crippen molar-refractivity contribution in [1.29, 1.82) is 0 Å². The lowest BCUT2D eigenvalue weighted by atomic mass is 10.2. The summed E-state index contributed by atoms with van der Waals surface area (Å²) in [7, 11) is 1.86. The van der Waals surface area contributed by atoms with Crippen molar-refractivity contribution < 1.29 is 0 Å². The number of nitrogens with one attached hydrogen (secondary N) is 2. The average Bonchev–Trinajstić information content (AvgIpc) is 3.11. The lowest BCUT2D eigenvalue weighted by molar-refractivity contribution is 0.326. The molecule has 1 aromatic heterocycles. The van der Waals surface area contributed by atoms with E-state index < -0.39 is 0 Å². The quantitative estimate of drug-likeness (QED) is 0.817. The monoisotopic (exact) mass is 233 g/mol. The van der Waals surface area contributed by atoms with Gasteiger partial charge in [-0.15, -0.1) is 0 Å². The summed E-state index contributed by atoms with van der Waals surface area (Å²) in [5.74, 6) is 1.69. The molecule has 0 radical (unpaired) electrons. The van der Waals surface area contributed by atoms with Crippen LogP contribution in [0.5, 0.6) is 0 Å². The second-order valence-electron chi connectivity index (χ2n) is 4.90. The third-order valence-electron chi connectivity index (χ3n) is 3.53. The zero-order chi connectivity index (χ0) is 11.7. The van der Waals surface area contributed by atoms with Crippen molar-refractivity contribution in [3.8, 4) is 0 Å². The van der Waals surface area contributed by atoms with E-state index in [1.54, 1.807) is 12.4 Å². The van der Waals surface area contributed by atoms with E-state index in [0.717, 1.165) is 24.2 Å². The Morgan fingerprint density at radius 1 is 1.24 bits per heavy atom. The van der Waals surface area contributed by atoms with Crippen LogP contribution in [-0.2, 0) is 0 Å². The Kier molecular flexibility index (Phi) is 2.84. The van der Waals surface area contributed by atoms with E-state index in [4.69, 9.17) is 0 Å². The highest BCUT2D eigenvalue weighted by molar-refractivity contribution is 5.41. The lowest BCUT2D eigenvalue weighted by Gasteiger charge is -2.16. The standard InChI is InChI=1S/C12H19N5/c1-13-11-6-14-7-12(16-11)15-9-4-5-17(8-9)10-2-3-10/h6-7,9-10H,2-5,8H2,1H3,(H2,13,15,16). The molecule has 2 heterocycles. The fourth-order valence-electron chi connectivity index (χ4n) is 2.44. The molecule has 1 saturated heterocycles. The van der Waals surface area contributed by atoms with E-state index in [1.165, 1.54) is 25.8 Å². The Labute approximate surface area is 102 Å². The van der Waals surface area contributed by atoms with Crippen molar-refractivity contribution in [3.63, 3.8) is 0 Å². The first-order valence-electron chi connectivity index (χ1n) is 6.35. The first kappa shape index (κ1) is 10.8. The van der Waals surface area contributed by atoms with E-state index in [2.05, 4.69) is 25.5 Å². The number of hydrogen-bond acceptors (Lipinski definition) is 5. The van der Waals surface area contributed by atoms with E-state index in [1.807, 2.05) is 7.05 Å². The van der Waals surface area contributed by atoms with Crippen LogP contribution < -0.4 is 10.6 Å². The SMILES string of the molecule is CNc1cncc(NC2CCN(C3CC3)C2)n1. The molecule has 2 N–H and O–H groups in total. The van der Waals surface area contributed by atoms with Gasteiger partial charge in [-0.1, -0.05) is 0 Å². The molecule has 0 amide bonds. The molecule has 0 bridgehead atoms. The van der Waals surface area contributed by atoms with Crippen LogP contribution in [0.15, 0.2) is 12.4 Å². The van der Waals surface area contributed by atoms with Gasteiger partial charge in [-0.25, -0.2) is 4.98 Å². The third-order valence-corrected chi connectivity index (χ3v) is 3.53. The number of anilines is 2. The molecule has 92 valence electrons. The van der Waals surface area contributed by atoms with E-state index in [9.17, 15) is 0 Å². The van der Waals surface area contributed by atoms with Crippen LogP contribution >= 0.6 is 0 Å². The lowest BCUT2D eigenvalue weighted by Crippen LogP contribution is -2.28. The van der Waals surface area contributed by atoms with Crippen LogP contribution in [0.2, 0.25) is 0 Å². The zero-order valence-corrected chi connectivity index (χ0v) is 10.2. The first-order chi connectivity index (χ1) is 8.35. The maximum absolute atomic E-state index is 4.44. The molecule has 17 heavy (non-hydrogen) atoms. The predicted octanol–water partition coefficient (Wildman–Crippen LogP) is 1.17. The van der Waals surface area contributed by atoms with E-state index in [0.29, 0.717) is 6.04 Å². The van der Waals surface area contributed by atoms with Gasteiger partial charge in [-0.3, -0.25) is 9.88 Å². The summed E-state index contributed by atoms with van der Waals surface area (Å²) in [6.45, 7) is 2.37. The van der Waals surface area contributed by atoms with Crippen molar-refractivity contribution in [1.82, 2.24) is 14.9 Å². The Morgan fingerprint density at radius 3 is 2.82 bits per heavy atom. The summed E-state index contributed by atoms with van der Waals surface area (Å²) in [6, 6.07) is 1.40. The minimum atomic E-state index is 0.525. The van der Waals surface area contributed by atoms with Crippen LogP contribution in [-0.4, -0.2) is 47.1 Å². The van der Waals surface area contributed by atoms with Gasteiger partial charge in [0.25, 0.3) is 0 Å². The Bertz CT molecular complexity index is 390. The van der Waals surface area contributed by atoms with Crippen LogP contribution in [0.3, 0.4) is 0 Å². The van der Waals surface area contributed by atoms with Gasteiger partial charge in [0.1, 0.15) is 11.6 Å². The largest absolute Gasteiger partial charge is 0.372 e. The summed E-state index contributed by atoms with van der Waals surface area (Å²) in [4.78, 5) is 11.2. The summed E-state index contributed by atoms with van der Waals surface area (Å²) in [5, 5.41) is 6.48. The van der Waals surface area contributed by atoms with E-state index in [-0.39, 0.29) is 0 Å². The van der Waals surface area contributed by atoms with Crippen molar-refractivity contribution >= 4 is 11.6 Å². The van der Waals surface area contributed by atoms with Crippen molar-refractivity contribution in [3.05, 3.63) is 12.4 Å². The molecule has 5 heteroatoms. The summed E-state index contributed by atoms with van der Waals surface area (Å²) in [6.07, 6.45) is 7.52. The zero-order valence-electron chi connectivity index (χ0n) is 10.2. The number of aromatic nitrogens is 2. The first-order valence-corrected chi connectivity index (χ1v) is 6.35. The second kappa shape index (κ2) is 4.49. The highest BCUT2D eigenvalue weighted by atomic mass is 15.2. The number of rotatable bonds is 4. The number of nitrogens with zero attached hydrogens (tertiary/aromatic N) is 3. The number of likely N-dealkylation sites (tertiary alicyclic amines) is 1. The van der Waals surface area contributed by atoms with Gasteiger partial charge in [0.15, 0.2) is 0 Å². The van der Waals surface area contributed by atoms with Gasteiger partial charge >= 0.3 is 0 Å². The van der Waals surface area contributed by atoms with Crippen molar-refractivity contribution in [2.24, 2.45) is 0 Å². The summed E-state index contributed by atoms with van der Waals surface area (Å²) < 4.78 is 0. The summed E-state index contributed by atoms with van der Waals surface area (Å²) >= 11 is 0. The molecular weight excluding hydrogens is 214 g/mol. The van der Waals surface area contributed by atoms with Crippen LogP contribution in [0.1, 0.15) is 19.3 Å². The topological polar surface area (TPSA) is 53.1 Å². The van der Waals surface area contributed by atoms with Gasteiger partial charge in [-0.2, -0.15) is 0 Å². The molecule has 1 atom stereocenters. The maximum Gasteiger partial charge on any atom is 0.147 e. The molecule has 2 aliphatic rings. The minimum Gasteiger partial charge on any atom is -0.372 e. The Morgan fingerprint density at radius 2 is 2.06 bits per heavy atom. The molecule has 0 spiro atoms. The fraction of sp³-hybridized carbons (Fsp3) is 0.667. The predicted molar refractivity (Wildman–Crippen MR) is 68.2 cm³/mol. The minimum absolute atomic E-state index is 0.525. The molecule has 5 nitrogen and oxygen atoms in total. The fourth-order valence-corrected chi connectivity index (χ4v) is 2.44. The smallest absolute Gasteiger partial charge is 0.147 e. The van der Waals surface area contributed by atoms with Gasteiger partial charge in [0.2, 0.25) is 0 Å². The van der Waals surface area contributed by atoms with Crippen LogP contribution in [0.25, 0.3) is 0 Å². The molecule has 1 aliphatic carbocycles. The number of hydrogen-bond donors (Lipinski definition) is 2. The molecule has 3 rings (SSSR count). The van der Waals surface area contributed by atoms with Crippen LogP contribution in [0.4, 0.5) is 11.6 Å². The average molecular weight is 233 g/mol.